The van der Waals surface area contributed by atoms with Gasteiger partial charge in [-0.15, -0.1) is 0 Å². The Bertz CT molecular complexity index is 397. The van der Waals surface area contributed by atoms with Crippen LogP contribution >= 0.6 is 0 Å². The Morgan fingerprint density at radius 2 is 1.70 bits per heavy atom. The van der Waals surface area contributed by atoms with E-state index >= 15 is 0 Å². The lowest BCUT2D eigenvalue weighted by Gasteiger charge is -2.41. The molecule has 3 rings (SSSR count). The predicted molar refractivity (Wildman–Crippen MR) is 71.2 cm³/mol. The monoisotopic (exact) mass is 282 g/mol. The minimum absolute atomic E-state index is 0.0221. The summed E-state index contributed by atoms with van der Waals surface area (Å²) < 4.78 is 5.33. The number of hydrazine groups is 2. The Morgan fingerprint density at radius 3 is 2.45 bits per heavy atom. The molecule has 3 aliphatic rings. The highest BCUT2D eigenvalue weighted by molar-refractivity contribution is 5.87. The van der Waals surface area contributed by atoms with Gasteiger partial charge in [-0.1, -0.05) is 0 Å². The van der Waals surface area contributed by atoms with Crippen molar-refractivity contribution >= 4 is 11.8 Å². The maximum atomic E-state index is 12.5. The zero-order chi connectivity index (χ0) is 14.1. The molecule has 3 heterocycles. The molecule has 1 unspecified atom stereocenters. The molecule has 112 valence electrons. The Hall–Kier alpha value is -1.18. The quantitative estimate of drug-likeness (QED) is 0.637. The predicted octanol–water partition coefficient (Wildman–Crippen LogP) is -0.696. The number of carbonyl (C=O) groups excluding carboxylic acids is 2. The van der Waals surface area contributed by atoms with Gasteiger partial charge in [0.15, 0.2) is 0 Å². The Kier molecular flexibility index (Phi) is 3.91. The molecule has 0 aromatic heterocycles. The summed E-state index contributed by atoms with van der Waals surface area (Å²) in [6.45, 7) is 6.05. The van der Waals surface area contributed by atoms with E-state index in [2.05, 4.69) is 5.01 Å². The molecule has 0 radical (unpaired) electrons. The molecule has 0 aliphatic carbocycles. The first kappa shape index (κ1) is 13.8. The van der Waals surface area contributed by atoms with Crippen molar-refractivity contribution in [2.24, 2.45) is 0 Å². The van der Waals surface area contributed by atoms with Crippen molar-refractivity contribution in [2.45, 2.75) is 25.8 Å². The second-order valence-electron chi connectivity index (χ2n) is 5.64. The summed E-state index contributed by atoms with van der Waals surface area (Å²) in [5.74, 6) is 0.0448. The van der Waals surface area contributed by atoms with E-state index in [0.29, 0.717) is 19.8 Å². The summed E-state index contributed by atoms with van der Waals surface area (Å²) in [5.41, 5.74) is 0. The smallest absolute Gasteiger partial charge is 0.257 e. The standard InChI is InChI=1S/C13H22N4O3/c1-11-3-2-4-16-12(18)9-15(10-13(19)17(11)16)14-5-7-20-8-6-14/h11H,2-10H2,1H3. The first-order chi connectivity index (χ1) is 9.66. The van der Waals surface area contributed by atoms with Crippen LogP contribution < -0.4 is 0 Å². The van der Waals surface area contributed by atoms with Crippen LogP contribution in [0.1, 0.15) is 19.8 Å². The van der Waals surface area contributed by atoms with Crippen molar-refractivity contribution in [3.63, 3.8) is 0 Å². The molecule has 0 N–H and O–H groups in total. The van der Waals surface area contributed by atoms with Crippen LogP contribution in [0.3, 0.4) is 0 Å². The van der Waals surface area contributed by atoms with Crippen LogP contribution in [0.15, 0.2) is 0 Å². The molecule has 2 amide bonds. The lowest BCUT2D eigenvalue weighted by Crippen LogP contribution is -2.56. The second-order valence-corrected chi connectivity index (χ2v) is 5.64. The van der Waals surface area contributed by atoms with E-state index in [0.717, 1.165) is 25.9 Å². The van der Waals surface area contributed by atoms with Gasteiger partial charge in [-0.25, -0.2) is 15.0 Å². The third-order valence-corrected chi connectivity index (χ3v) is 4.24. The highest BCUT2D eigenvalue weighted by Crippen LogP contribution is 2.21. The number of carbonyl (C=O) groups is 2. The van der Waals surface area contributed by atoms with Crippen molar-refractivity contribution in [3.8, 4) is 0 Å². The normalized spacial score (nSPS) is 30.4. The van der Waals surface area contributed by atoms with Gasteiger partial charge in [-0.3, -0.25) is 14.6 Å². The van der Waals surface area contributed by atoms with Crippen LogP contribution in [0.5, 0.6) is 0 Å². The fourth-order valence-electron chi connectivity index (χ4n) is 3.19. The minimum Gasteiger partial charge on any atom is -0.379 e. The summed E-state index contributed by atoms with van der Waals surface area (Å²) in [6, 6.07) is 0.116. The van der Waals surface area contributed by atoms with Gasteiger partial charge in [0.1, 0.15) is 0 Å². The molecule has 0 aromatic rings. The van der Waals surface area contributed by atoms with E-state index < -0.39 is 0 Å². The van der Waals surface area contributed by atoms with E-state index in [1.165, 1.54) is 0 Å². The molecule has 0 bridgehead atoms. The van der Waals surface area contributed by atoms with E-state index in [1.807, 2.05) is 11.9 Å². The third kappa shape index (κ3) is 2.53. The van der Waals surface area contributed by atoms with Gasteiger partial charge in [0.05, 0.1) is 32.3 Å². The highest BCUT2D eigenvalue weighted by atomic mass is 16.5. The fraction of sp³-hybridized carbons (Fsp3) is 0.846. The molecular weight excluding hydrogens is 260 g/mol. The van der Waals surface area contributed by atoms with Gasteiger partial charge < -0.3 is 4.74 Å². The van der Waals surface area contributed by atoms with Crippen LogP contribution in [0.2, 0.25) is 0 Å². The molecule has 7 heteroatoms. The fourth-order valence-corrected chi connectivity index (χ4v) is 3.19. The molecule has 3 aliphatic heterocycles. The number of morpholine rings is 1. The van der Waals surface area contributed by atoms with E-state index in [9.17, 15) is 9.59 Å². The summed E-state index contributed by atoms with van der Waals surface area (Å²) in [4.78, 5) is 24.9. The topological polar surface area (TPSA) is 56.3 Å². The van der Waals surface area contributed by atoms with E-state index in [1.54, 1.807) is 10.0 Å². The number of hydrogen-bond donors (Lipinski definition) is 0. The second kappa shape index (κ2) is 5.67. The number of amides is 2. The van der Waals surface area contributed by atoms with Gasteiger partial charge in [0.2, 0.25) is 0 Å². The summed E-state index contributed by atoms with van der Waals surface area (Å²) in [5, 5.41) is 7.28. The molecule has 1 atom stereocenters. The summed E-state index contributed by atoms with van der Waals surface area (Å²) in [6.07, 6.45) is 1.93. The summed E-state index contributed by atoms with van der Waals surface area (Å²) in [7, 11) is 0. The van der Waals surface area contributed by atoms with Crippen LogP contribution in [0.25, 0.3) is 0 Å². The first-order valence-corrected chi connectivity index (χ1v) is 7.36. The highest BCUT2D eigenvalue weighted by Gasteiger charge is 2.39. The maximum Gasteiger partial charge on any atom is 0.257 e. The van der Waals surface area contributed by atoms with Gasteiger partial charge in [-0.2, -0.15) is 0 Å². The molecule has 0 aromatic carbocycles. The van der Waals surface area contributed by atoms with Crippen molar-refractivity contribution in [3.05, 3.63) is 0 Å². The van der Waals surface area contributed by atoms with Gasteiger partial charge in [0.25, 0.3) is 11.8 Å². The van der Waals surface area contributed by atoms with Crippen LogP contribution in [0, 0.1) is 0 Å². The minimum atomic E-state index is 0.0221. The average Bonchev–Trinajstić information content (AvgIpc) is 2.59. The average molecular weight is 282 g/mol. The van der Waals surface area contributed by atoms with Crippen molar-refractivity contribution < 1.29 is 14.3 Å². The van der Waals surface area contributed by atoms with Crippen LogP contribution in [-0.2, 0) is 14.3 Å². The van der Waals surface area contributed by atoms with Gasteiger partial charge >= 0.3 is 0 Å². The summed E-state index contributed by atoms with van der Waals surface area (Å²) >= 11 is 0. The van der Waals surface area contributed by atoms with E-state index in [4.69, 9.17) is 4.74 Å². The molecule has 0 spiro atoms. The molecule has 20 heavy (non-hydrogen) atoms. The largest absolute Gasteiger partial charge is 0.379 e. The zero-order valence-corrected chi connectivity index (χ0v) is 12.0. The maximum absolute atomic E-state index is 12.5. The van der Waals surface area contributed by atoms with Crippen LogP contribution in [0.4, 0.5) is 0 Å². The number of rotatable bonds is 1. The molecule has 0 saturated carbocycles. The Balaban J connectivity index is 1.77. The van der Waals surface area contributed by atoms with Crippen molar-refractivity contribution in [1.82, 2.24) is 20.0 Å². The molecule has 3 fully saturated rings. The zero-order valence-electron chi connectivity index (χ0n) is 12.0. The molecular formula is C13H22N4O3. The number of fused-ring (bicyclic) bond motifs is 1. The van der Waals surface area contributed by atoms with Crippen molar-refractivity contribution in [1.29, 1.82) is 0 Å². The number of nitrogens with zero attached hydrogens (tertiary/aromatic N) is 4. The van der Waals surface area contributed by atoms with Crippen LogP contribution in [-0.4, -0.2) is 83.8 Å². The first-order valence-electron chi connectivity index (χ1n) is 7.36. The third-order valence-electron chi connectivity index (χ3n) is 4.24. The lowest BCUT2D eigenvalue weighted by molar-refractivity contribution is -0.169. The van der Waals surface area contributed by atoms with Gasteiger partial charge in [-0.05, 0) is 19.8 Å². The molecule has 7 nitrogen and oxygen atoms in total. The SMILES string of the molecule is CC1CCCN2C(=O)CN(N3CCOCC3)CC(=O)N12. The van der Waals surface area contributed by atoms with E-state index in [-0.39, 0.29) is 30.9 Å². The number of hydrogen-bond acceptors (Lipinski definition) is 5. The lowest BCUT2D eigenvalue weighted by atomic mass is 10.1. The molecule has 3 saturated heterocycles. The van der Waals surface area contributed by atoms with Crippen molar-refractivity contribution in [2.75, 3.05) is 45.9 Å². The van der Waals surface area contributed by atoms with Gasteiger partial charge in [0, 0.05) is 19.6 Å². The number of ether oxygens (including phenoxy) is 1. The Labute approximate surface area is 119 Å². The Morgan fingerprint density at radius 1 is 1.00 bits per heavy atom.